The molecule has 0 unspecified atom stereocenters. The number of hydrogen-bond acceptors (Lipinski definition) is 3. The zero-order valence-corrected chi connectivity index (χ0v) is 16.6. The van der Waals surface area contributed by atoms with Crippen LogP contribution in [0.3, 0.4) is 0 Å². The highest BCUT2D eigenvalue weighted by molar-refractivity contribution is 6.35. The molecule has 2 amide bonds. The maximum absolute atomic E-state index is 12.9. The van der Waals surface area contributed by atoms with Crippen molar-refractivity contribution in [3.05, 3.63) is 65.1 Å². The minimum atomic E-state index is -0.239. The molecule has 28 heavy (non-hydrogen) atoms. The van der Waals surface area contributed by atoms with E-state index in [4.69, 9.17) is 11.6 Å². The molecule has 1 aliphatic heterocycles. The van der Waals surface area contributed by atoms with Crippen LogP contribution >= 0.6 is 11.6 Å². The number of carbonyl (C=O) groups is 2. The Morgan fingerprint density at radius 3 is 2.68 bits per heavy atom. The first kappa shape index (κ1) is 18.3. The van der Waals surface area contributed by atoms with E-state index < -0.39 is 0 Å². The monoisotopic (exact) mass is 394 g/mol. The molecular weight excluding hydrogens is 376 g/mol. The normalized spacial score (nSPS) is 14.0. The summed E-state index contributed by atoms with van der Waals surface area (Å²) in [6.45, 7) is 5.92. The van der Waals surface area contributed by atoms with Gasteiger partial charge in [0, 0.05) is 31.4 Å². The van der Waals surface area contributed by atoms with Crippen LogP contribution in [0.4, 0.5) is 10.6 Å². The fourth-order valence-electron chi connectivity index (χ4n) is 3.61. The molecule has 0 aliphatic carbocycles. The van der Waals surface area contributed by atoms with Gasteiger partial charge in [0.25, 0.3) is 0 Å². The second kappa shape index (κ2) is 6.49. The molecule has 0 saturated heterocycles. The highest BCUT2D eigenvalue weighted by Gasteiger charge is 2.36. The number of fused-ring (bicyclic) bond motifs is 2. The molecule has 3 aromatic rings. The van der Waals surface area contributed by atoms with Gasteiger partial charge in [0.2, 0.25) is 0 Å². The van der Waals surface area contributed by atoms with E-state index in [1.165, 1.54) is 11.8 Å². The molecule has 0 bridgehead atoms. The number of amides is 2. The third-order valence-electron chi connectivity index (χ3n) is 5.06. The number of ketones is 1. The lowest BCUT2D eigenvalue weighted by atomic mass is 10.1. The van der Waals surface area contributed by atoms with E-state index in [2.05, 4.69) is 11.6 Å². The summed E-state index contributed by atoms with van der Waals surface area (Å²) in [7, 11) is 3.41. The van der Waals surface area contributed by atoms with Gasteiger partial charge in [0.05, 0.1) is 12.2 Å². The number of Topliss-reactive ketones (excluding diaryl/α,β-unsaturated/α-hetero) is 1. The third-order valence-corrected chi connectivity index (χ3v) is 5.39. The summed E-state index contributed by atoms with van der Waals surface area (Å²) in [5.41, 5.74) is 2.14. The predicted octanol–water partition coefficient (Wildman–Crippen LogP) is 4.47. The average Bonchev–Trinajstić information content (AvgIpc) is 3.01. The quantitative estimate of drug-likeness (QED) is 0.616. The van der Waals surface area contributed by atoms with Crippen molar-refractivity contribution in [2.45, 2.75) is 13.5 Å². The van der Waals surface area contributed by atoms with Crippen LogP contribution in [0, 0.1) is 0 Å². The largest absolute Gasteiger partial charge is 0.330 e. The number of carbonyl (C=O) groups excluding carboxylic acids is 2. The number of benzene rings is 2. The molecule has 0 atom stereocenters. The van der Waals surface area contributed by atoms with E-state index in [-0.39, 0.29) is 11.8 Å². The minimum absolute atomic E-state index is 0.163. The number of hydrogen-bond donors (Lipinski definition) is 0. The molecule has 142 valence electrons. The zero-order chi connectivity index (χ0) is 20.2. The van der Waals surface area contributed by atoms with Crippen molar-refractivity contribution < 1.29 is 9.59 Å². The first-order valence-electron chi connectivity index (χ1n) is 8.79. The Hall–Kier alpha value is -3.12. The molecule has 0 saturated carbocycles. The summed E-state index contributed by atoms with van der Waals surface area (Å²) < 4.78 is 1.69. The van der Waals surface area contributed by atoms with Crippen molar-refractivity contribution in [3.8, 4) is 0 Å². The van der Waals surface area contributed by atoms with Gasteiger partial charge in [0.15, 0.2) is 17.4 Å². The van der Waals surface area contributed by atoms with Gasteiger partial charge in [-0.2, -0.15) is 0 Å². The minimum Gasteiger partial charge on any atom is -0.322 e. The fourth-order valence-corrected chi connectivity index (χ4v) is 3.85. The lowest BCUT2D eigenvalue weighted by Gasteiger charge is -2.34. The summed E-state index contributed by atoms with van der Waals surface area (Å²) in [4.78, 5) is 32.2. The van der Waals surface area contributed by atoms with Crippen molar-refractivity contribution >= 4 is 45.7 Å². The Bertz CT molecular complexity index is 1160. The van der Waals surface area contributed by atoms with Gasteiger partial charge in [-0.3, -0.25) is 14.6 Å². The summed E-state index contributed by atoms with van der Waals surface area (Å²) in [5.74, 6) is 0.584. The highest BCUT2D eigenvalue weighted by Crippen LogP contribution is 2.35. The van der Waals surface area contributed by atoms with Gasteiger partial charge < -0.3 is 4.57 Å². The number of rotatable bonds is 3. The Morgan fingerprint density at radius 2 is 1.96 bits per heavy atom. The van der Waals surface area contributed by atoms with Crippen molar-refractivity contribution in [3.63, 3.8) is 0 Å². The van der Waals surface area contributed by atoms with Crippen molar-refractivity contribution in [1.82, 2.24) is 14.5 Å². The number of urea groups is 1. The number of aromatic nitrogens is 2. The SMILES string of the molecule is C=C1c2c(nc(C(C)=O)n2C)N(C)C(=O)N1Cc1ccc2c(Cl)cccc2c1. The molecule has 0 N–H and O–H groups in total. The lowest BCUT2D eigenvalue weighted by Crippen LogP contribution is -2.44. The second-order valence-electron chi connectivity index (χ2n) is 6.89. The van der Waals surface area contributed by atoms with Crippen LogP contribution in [0.2, 0.25) is 5.02 Å². The molecule has 2 heterocycles. The first-order valence-corrected chi connectivity index (χ1v) is 9.16. The molecule has 7 heteroatoms. The number of halogens is 1. The summed E-state index contributed by atoms with van der Waals surface area (Å²) in [6, 6.07) is 11.4. The molecule has 2 aromatic carbocycles. The van der Waals surface area contributed by atoms with E-state index in [1.54, 1.807) is 23.6 Å². The van der Waals surface area contributed by atoms with Gasteiger partial charge in [0.1, 0.15) is 5.69 Å². The van der Waals surface area contributed by atoms with Gasteiger partial charge in [-0.1, -0.05) is 42.4 Å². The van der Waals surface area contributed by atoms with Crippen LogP contribution < -0.4 is 4.90 Å². The molecular formula is C21H19ClN4O2. The van der Waals surface area contributed by atoms with Crippen LogP contribution in [0.1, 0.15) is 28.8 Å². The summed E-state index contributed by atoms with van der Waals surface area (Å²) >= 11 is 6.25. The average molecular weight is 395 g/mol. The highest BCUT2D eigenvalue weighted by atomic mass is 35.5. The maximum Gasteiger partial charge on any atom is 0.330 e. The van der Waals surface area contributed by atoms with Gasteiger partial charge in [-0.25, -0.2) is 9.78 Å². The van der Waals surface area contributed by atoms with Crippen LogP contribution in [0.25, 0.3) is 16.5 Å². The number of imidazole rings is 1. The van der Waals surface area contributed by atoms with Gasteiger partial charge in [-0.15, -0.1) is 0 Å². The Balaban J connectivity index is 1.74. The zero-order valence-electron chi connectivity index (χ0n) is 15.9. The Labute approximate surface area is 167 Å². The van der Waals surface area contributed by atoms with Gasteiger partial charge in [-0.05, 0) is 23.1 Å². The smallest absolute Gasteiger partial charge is 0.322 e. The van der Waals surface area contributed by atoms with Crippen molar-refractivity contribution in [2.75, 3.05) is 11.9 Å². The third kappa shape index (κ3) is 2.68. The van der Waals surface area contributed by atoms with Crippen molar-refractivity contribution in [1.29, 1.82) is 0 Å². The molecule has 0 fully saturated rings. The second-order valence-corrected chi connectivity index (χ2v) is 7.30. The van der Waals surface area contributed by atoms with E-state index in [0.717, 1.165) is 16.3 Å². The lowest BCUT2D eigenvalue weighted by molar-refractivity contribution is 0.100. The van der Waals surface area contributed by atoms with E-state index in [0.29, 0.717) is 34.6 Å². The van der Waals surface area contributed by atoms with E-state index in [1.807, 2.05) is 36.4 Å². The van der Waals surface area contributed by atoms with Crippen LogP contribution in [-0.2, 0) is 13.6 Å². The van der Waals surface area contributed by atoms with Crippen LogP contribution in [0.15, 0.2) is 43.0 Å². The Kier molecular flexibility index (Phi) is 4.23. The van der Waals surface area contributed by atoms with E-state index >= 15 is 0 Å². The molecule has 0 radical (unpaired) electrons. The molecule has 1 aromatic heterocycles. The molecule has 4 rings (SSSR count). The van der Waals surface area contributed by atoms with Crippen LogP contribution in [0.5, 0.6) is 0 Å². The standard InChI is InChI=1S/C21H19ClN4O2/c1-12-18-20(23-19(13(2)27)24(18)3)25(4)21(28)26(12)11-14-8-9-16-15(10-14)6-5-7-17(16)22/h5-10H,1,11H2,2-4H3. The van der Waals surface area contributed by atoms with Crippen molar-refractivity contribution in [2.24, 2.45) is 7.05 Å². The number of anilines is 1. The maximum atomic E-state index is 12.9. The fraction of sp³-hybridized carbons (Fsp3) is 0.190. The molecule has 0 spiro atoms. The number of nitrogens with zero attached hydrogens (tertiary/aromatic N) is 4. The molecule has 6 nitrogen and oxygen atoms in total. The van der Waals surface area contributed by atoms with E-state index in [9.17, 15) is 9.59 Å². The summed E-state index contributed by atoms with van der Waals surface area (Å²) in [6.07, 6.45) is 0. The molecule has 1 aliphatic rings. The van der Waals surface area contributed by atoms with Crippen LogP contribution in [-0.4, -0.2) is 33.3 Å². The predicted molar refractivity (Wildman–Crippen MR) is 111 cm³/mol. The summed E-state index contributed by atoms with van der Waals surface area (Å²) in [5, 5.41) is 2.67. The topological polar surface area (TPSA) is 58.4 Å². The Morgan fingerprint density at radius 1 is 1.21 bits per heavy atom. The van der Waals surface area contributed by atoms with Gasteiger partial charge >= 0.3 is 6.03 Å². The first-order chi connectivity index (χ1) is 13.3.